The largest absolute Gasteiger partial charge is 0.495 e. The zero-order chi connectivity index (χ0) is 10.8. The van der Waals surface area contributed by atoms with E-state index in [1.54, 1.807) is 18.4 Å². The summed E-state index contributed by atoms with van der Waals surface area (Å²) >= 11 is 7.65. The van der Waals surface area contributed by atoms with Gasteiger partial charge in [-0.15, -0.1) is 11.3 Å². The van der Waals surface area contributed by atoms with E-state index in [1.165, 1.54) is 0 Å². The van der Waals surface area contributed by atoms with E-state index >= 15 is 0 Å². The van der Waals surface area contributed by atoms with Gasteiger partial charge in [-0.2, -0.15) is 0 Å². The van der Waals surface area contributed by atoms with Crippen LogP contribution in [0.5, 0.6) is 5.75 Å². The average molecular weight is 240 g/mol. The Hall–Kier alpha value is -1.06. The molecule has 2 rings (SSSR count). The zero-order valence-corrected chi connectivity index (χ0v) is 10.0. The van der Waals surface area contributed by atoms with Gasteiger partial charge in [-0.3, -0.25) is 0 Å². The number of halogens is 1. The predicted molar refractivity (Wildman–Crippen MR) is 63.8 cm³/mol. The molecule has 1 aromatic carbocycles. The van der Waals surface area contributed by atoms with Crippen molar-refractivity contribution in [2.24, 2.45) is 0 Å². The topological polar surface area (TPSA) is 22.1 Å². The first-order chi connectivity index (χ1) is 7.20. The molecule has 0 N–H and O–H groups in total. The first-order valence-corrected chi connectivity index (χ1v) is 5.72. The molecule has 0 radical (unpaired) electrons. The third-order valence-electron chi connectivity index (χ3n) is 2.02. The van der Waals surface area contributed by atoms with Crippen molar-refractivity contribution in [3.63, 3.8) is 0 Å². The van der Waals surface area contributed by atoms with Crippen LogP contribution in [-0.2, 0) is 0 Å². The molecule has 0 spiro atoms. The summed E-state index contributed by atoms with van der Waals surface area (Å²) in [6.07, 6.45) is 0. The lowest BCUT2D eigenvalue weighted by molar-refractivity contribution is 0.415. The maximum absolute atomic E-state index is 6.04. The number of hydrogen-bond acceptors (Lipinski definition) is 3. The van der Waals surface area contributed by atoms with E-state index in [0.717, 1.165) is 16.3 Å². The van der Waals surface area contributed by atoms with Crippen LogP contribution in [0.25, 0.3) is 10.6 Å². The predicted octanol–water partition coefficient (Wildman–Crippen LogP) is 3.78. The SMILES string of the molecule is COc1ccc(-c2nc(C)cs2)cc1Cl. The Morgan fingerprint density at radius 2 is 2.20 bits per heavy atom. The van der Waals surface area contributed by atoms with Crippen LogP contribution in [0, 0.1) is 6.92 Å². The van der Waals surface area contributed by atoms with E-state index in [9.17, 15) is 0 Å². The molecule has 0 aliphatic rings. The van der Waals surface area contributed by atoms with Crippen LogP contribution in [0.2, 0.25) is 5.02 Å². The van der Waals surface area contributed by atoms with Crippen molar-refractivity contribution < 1.29 is 4.74 Å². The lowest BCUT2D eigenvalue weighted by atomic mass is 10.2. The number of ether oxygens (including phenoxy) is 1. The summed E-state index contributed by atoms with van der Waals surface area (Å²) in [6.45, 7) is 1.98. The minimum Gasteiger partial charge on any atom is -0.495 e. The van der Waals surface area contributed by atoms with Gasteiger partial charge in [-0.25, -0.2) is 4.98 Å². The molecule has 2 aromatic rings. The van der Waals surface area contributed by atoms with E-state index in [-0.39, 0.29) is 0 Å². The normalized spacial score (nSPS) is 10.3. The molecular weight excluding hydrogens is 230 g/mol. The van der Waals surface area contributed by atoms with Crippen molar-refractivity contribution in [1.82, 2.24) is 4.98 Å². The summed E-state index contributed by atoms with van der Waals surface area (Å²) < 4.78 is 5.09. The van der Waals surface area contributed by atoms with Crippen molar-refractivity contribution in [1.29, 1.82) is 0 Å². The minimum absolute atomic E-state index is 0.614. The molecule has 4 heteroatoms. The summed E-state index contributed by atoms with van der Waals surface area (Å²) in [6, 6.07) is 5.69. The highest BCUT2D eigenvalue weighted by molar-refractivity contribution is 7.13. The van der Waals surface area contributed by atoms with Gasteiger partial charge < -0.3 is 4.74 Å². The van der Waals surface area contributed by atoms with Crippen LogP contribution >= 0.6 is 22.9 Å². The monoisotopic (exact) mass is 239 g/mol. The highest BCUT2D eigenvalue weighted by atomic mass is 35.5. The zero-order valence-electron chi connectivity index (χ0n) is 8.45. The first-order valence-electron chi connectivity index (χ1n) is 4.47. The summed E-state index contributed by atoms with van der Waals surface area (Å²) in [5.74, 6) is 0.689. The van der Waals surface area contributed by atoms with Crippen LogP contribution in [-0.4, -0.2) is 12.1 Å². The van der Waals surface area contributed by atoms with Crippen LogP contribution in [0.4, 0.5) is 0 Å². The first kappa shape index (κ1) is 10.5. The molecule has 0 unspecified atom stereocenters. The lowest BCUT2D eigenvalue weighted by Gasteiger charge is -2.03. The number of aryl methyl sites for hydroxylation is 1. The number of aromatic nitrogens is 1. The van der Waals surface area contributed by atoms with Crippen LogP contribution in [0.1, 0.15) is 5.69 Å². The molecule has 0 saturated heterocycles. The Labute approximate surface area is 97.5 Å². The molecule has 0 atom stereocenters. The summed E-state index contributed by atoms with van der Waals surface area (Å²) in [5, 5.41) is 3.62. The molecule has 0 saturated carbocycles. The van der Waals surface area contributed by atoms with Gasteiger partial charge in [0.05, 0.1) is 12.1 Å². The standard InChI is InChI=1S/C11H10ClNOS/c1-7-6-15-11(13-7)8-3-4-10(14-2)9(12)5-8/h3-6H,1-2H3. The number of benzene rings is 1. The second kappa shape index (κ2) is 4.21. The summed E-state index contributed by atoms with van der Waals surface area (Å²) in [5.41, 5.74) is 2.06. The highest BCUT2D eigenvalue weighted by Crippen LogP contribution is 2.31. The van der Waals surface area contributed by atoms with Crippen molar-refractivity contribution in [3.05, 3.63) is 34.3 Å². The molecule has 0 aliphatic heterocycles. The molecule has 2 nitrogen and oxygen atoms in total. The van der Waals surface area contributed by atoms with E-state index in [2.05, 4.69) is 4.98 Å². The maximum Gasteiger partial charge on any atom is 0.137 e. The third kappa shape index (κ3) is 2.13. The van der Waals surface area contributed by atoms with E-state index < -0.39 is 0 Å². The van der Waals surface area contributed by atoms with Crippen molar-refractivity contribution in [3.8, 4) is 16.3 Å². The minimum atomic E-state index is 0.614. The summed E-state index contributed by atoms with van der Waals surface area (Å²) in [4.78, 5) is 4.40. The Morgan fingerprint density at radius 1 is 1.40 bits per heavy atom. The van der Waals surface area contributed by atoms with Gasteiger partial charge in [0.25, 0.3) is 0 Å². The van der Waals surface area contributed by atoms with Gasteiger partial charge in [-0.1, -0.05) is 11.6 Å². The Morgan fingerprint density at radius 3 is 2.73 bits per heavy atom. The van der Waals surface area contributed by atoms with Crippen LogP contribution < -0.4 is 4.74 Å². The molecule has 0 bridgehead atoms. The second-order valence-corrected chi connectivity index (χ2v) is 4.41. The fourth-order valence-electron chi connectivity index (χ4n) is 1.29. The quantitative estimate of drug-likeness (QED) is 0.796. The molecule has 1 heterocycles. The van der Waals surface area contributed by atoms with Crippen molar-refractivity contribution in [2.75, 3.05) is 7.11 Å². The van der Waals surface area contributed by atoms with E-state index in [4.69, 9.17) is 16.3 Å². The number of hydrogen-bond donors (Lipinski definition) is 0. The molecular formula is C11H10ClNOS. The Bertz CT molecular complexity index is 481. The molecule has 0 amide bonds. The Balaban J connectivity index is 2.42. The average Bonchev–Trinajstić information content (AvgIpc) is 2.65. The molecule has 0 fully saturated rings. The van der Waals surface area contributed by atoms with Crippen molar-refractivity contribution >= 4 is 22.9 Å². The highest BCUT2D eigenvalue weighted by Gasteiger charge is 2.06. The fraction of sp³-hybridized carbons (Fsp3) is 0.182. The van der Waals surface area contributed by atoms with Crippen LogP contribution in [0.3, 0.4) is 0 Å². The van der Waals surface area contributed by atoms with Gasteiger partial charge in [0.2, 0.25) is 0 Å². The van der Waals surface area contributed by atoms with Crippen LogP contribution in [0.15, 0.2) is 23.6 Å². The second-order valence-electron chi connectivity index (χ2n) is 3.14. The smallest absolute Gasteiger partial charge is 0.137 e. The van der Waals surface area contributed by atoms with Gasteiger partial charge in [0, 0.05) is 16.6 Å². The lowest BCUT2D eigenvalue weighted by Crippen LogP contribution is -1.84. The van der Waals surface area contributed by atoms with Gasteiger partial charge in [0.1, 0.15) is 10.8 Å². The number of rotatable bonds is 2. The van der Waals surface area contributed by atoms with Gasteiger partial charge in [-0.05, 0) is 25.1 Å². The summed E-state index contributed by atoms with van der Waals surface area (Å²) in [7, 11) is 1.61. The maximum atomic E-state index is 6.04. The Kier molecular flexibility index (Phi) is 2.93. The number of thiazole rings is 1. The van der Waals surface area contributed by atoms with Gasteiger partial charge in [0.15, 0.2) is 0 Å². The number of methoxy groups -OCH3 is 1. The molecule has 0 aliphatic carbocycles. The third-order valence-corrected chi connectivity index (χ3v) is 3.32. The fourth-order valence-corrected chi connectivity index (χ4v) is 2.34. The van der Waals surface area contributed by atoms with Gasteiger partial charge >= 0.3 is 0 Å². The van der Waals surface area contributed by atoms with E-state index in [1.807, 2.05) is 30.5 Å². The molecule has 15 heavy (non-hydrogen) atoms. The van der Waals surface area contributed by atoms with E-state index in [0.29, 0.717) is 10.8 Å². The number of nitrogens with zero attached hydrogens (tertiary/aromatic N) is 1. The molecule has 1 aromatic heterocycles. The van der Waals surface area contributed by atoms with Crippen molar-refractivity contribution in [2.45, 2.75) is 6.92 Å². The molecule has 78 valence electrons.